The fourth-order valence-electron chi connectivity index (χ4n) is 2.63. The third-order valence-corrected chi connectivity index (χ3v) is 3.93. The van der Waals surface area contributed by atoms with Gasteiger partial charge in [0.1, 0.15) is 0 Å². The number of aromatic carboxylic acids is 1. The van der Waals surface area contributed by atoms with Gasteiger partial charge in [0.15, 0.2) is 11.5 Å². The number of rotatable bonds is 7. The van der Waals surface area contributed by atoms with Gasteiger partial charge in [0, 0.05) is 11.6 Å². The molecule has 1 atom stereocenters. The first-order chi connectivity index (χ1) is 12.0. The summed E-state index contributed by atoms with van der Waals surface area (Å²) < 4.78 is 10.3. The second kappa shape index (κ2) is 8.19. The van der Waals surface area contributed by atoms with Crippen molar-refractivity contribution in [2.24, 2.45) is 0 Å². The van der Waals surface area contributed by atoms with E-state index in [-0.39, 0.29) is 22.9 Å². The van der Waals surface area contributed by atoms with Gasteiger partial charge >= 0.3 is 0 Å². The quantitative estimate of drug-likeness (QED) is 0.833. The summed E-state index contributed by atoms with van der Waals surface area (Å²) in [5.74, 6) is -1.55. The summed E-state index contributed by atoms with van der Waals surface area (Å²) in [5, 5.41) is 14.1. The van der Waals surface area contributed by atoms with E-state index >= 15 is 0 Å². The average molecular weight is 342 g/mol. The second-order valence-electron chi connectivity index (χ2n) is 5.40. The van der Waals surface area contributed by atoms with Crippen LogP contribution in [-0.2, 0) is 4.79 Å². The van der Waals surface area contributed by atoms with Crippen molar-refractivity contribution in [1.29, 1.82) is 0 Å². The molecule has 0 bridgehead atoms. The van der Waals surface area contributed by atoms with Crippen molar-refractivity contribution in [3.05, 3.63) is 53.6 Å². The van der Waals surface area contributed by atoms with Gasteiger partial charge in [-0.05, 0) is 18.1 Å². The number of nitrogens with one attached hydrogen (secondary N) is 1. The van der Waals surface area contributed by atoms with Crippen LogP contribution in [0.25, 0.3) is 0 Å². The minimum absolute atomic E-state index is 0.108. The average Bonchev–Trinajstić information content (AvgIpc) is 2.62. The molecule has 0 unspecified atom stereocenters. The first-order valence-electron chi connectivity index (χ1n) is 7.85. The molecule has 1 N–H and O–H groups in total. The van der Waals surface area contributed by atoms with E-state index in [0.29, 0.717) is 12.2 Å². The van der Waals surface area contributed by atoms with Gasteiger partial charge < -0.3 is 24.7 Å². The van der Waals surface area contributed by atoms with Gasteiger partial charge in [-0.1, -0.05) is 37.3 Å². The van der Waals surface area contributed by atoms with Gasteiger partial charge in [0.2, 0.25) is 5.91 Å². The molecule has 0 radical (unpaired) electrons. The predicted octanol–water partition coefficient (Wildman–Crippen LogP) is 2.20. The number of carbonyl (C=O) groups is 2. The monoisotopic (exact) mass is 342 g/mol. The summed E-state index contributed by atoms with van der Waals surface area (Å²) in [6.45, 7) is 1.89. The highest BCUT2D eigenvalue weighted by Crippen LogP contribution is 2.34. The van der Waals surface area contributed by atoms with Crippen LogP contribution >= 0.6 is 0 Å². The molecule has 0 aliphatic rings. The van der Waals surface area contributed by atoms with Crippen LogP contribution in [0.3, 0.4) is 0 Å². The molecule has 132 valence electrons. The first-order valence-corrected chi connectivity index (χ1v) is 7.85. The molecule has 6 heteroatoms. The molecular formula is C19H20NO5-. The third kappa shape index (κ3) is 4.09. The highest BCUT2D eigenvalue weighted by atomic mass is 16.5. The Morgan fingerprint density at radius 2 is 1.68 bits per heavy atom. The highest BCUT2D eigenvalue weighted by molar-refractivity contribution is 6.02. The Balaban J connectivity index is 2.37. The van der Waals surface area contributed by atoms with E-state index in [9.17, 15) is 14.7 Å². The minimum Gasteiger partial charge on any atom is -0.545 e. The van der Waals surface area contributed by atoms with E-state index in [2.05, 4.69) is 5.32 Å². The SMILES string of the molecule is CC[C@@H](C(=O)Nc1cc(OC)c(OC)cc1C(=O)[O-])c1ccccc1. The van der Waals surface area contributed by atoms with Crippen LogP contribution in [0.5, 0.6) is 11.5 Å². The number of carboxylic acids is 1. The van der Waals surface area contributed by atoms with Gasteiger partial charge in [-0.2, -0.15) is 0 Å². The molecule has 1 amide bonds. The van der Waals surface area contributed by atoms with Gasteiger partial charge in [-0.15, -0.1) is 0 Å². The maximum atomic E-state index is 12.7. The first kappa shape index (κ1) is 18.3. The Bertz CT molecular complexity index is 758. The number of anilines is 1. The highest BCUT2D eigenvalue weighted by Gasteiger charge is 2.21. The van der Waals surface area contributed by atoms with Crippen molar-refractivity contribution in [3.8, 4) is 11.5 Å². The summed E-state index contributed by atoms with van der Waals surface area (Å²) >= 11 is 0. The molecule has 2 rings (SSSR count). The lowest BCUT2D eigenvalue weighted by molar-refractivity contribution is -0.254. The zero-order chi connectivity index (χ0) is 18.4. The van der Waals surface area contributed by atoms with Crippen molar-refractivity contribution in [3.63, 3.8) is 0 Å². The molecule has 0 spiro atoms. The Hall–Kier alpha value is -3.02. The standard InChI is InChI=1S/C19H21NO5/c1-4-13(12-8-6-5-7-9-12)18(21)20-15-11-17(25-3)16(24-2)10-14(15)19(22)23/h5-11,13H,4H2,1-3H3,(H,20,21)(H,22,23)/p-1/t13-/m1/s1. The van der Waals surface area contributed by atoms with E-state index < -0.39 is 11.9 Å². The second-order valence-corrected chi connectivity index (χ2v) is 5.40. The van der Waals surface area contributed by atoms with Crippen molar-refractivity contribution >= 4 is 17.6 Å². The Kier molecular flexibility index (Phi) is 6.00. The number of amides is 1. The molecular weight excluding hydrogens is 322 g/mol. The summed E-state index contributed by atoms with van der Waals surface area (Å²) in [6.07, 6.45) is 0.573. The topological polar surface area (TPSA) is 87.7 Å². The molecule has 0 saturated heterocycles. The van der Waals surface area contributed by atoms with E-state index in [0.717, 1.165) is 5.56 Å². The van der Waals surface area contributed by atoms with Crippen molar-refractivity contribution < 1.29 is 24.2 Å². The Morgan fingerprint density at radius 3 is 2.20 bits per heavy atom. The molecule has 25 heavy (non-hydrogen) atoms. The zero-order valence-corrected chi connectivity index (χ0v) is 14.4. The fourth-order valence-corrected chi connectivity index (χ4v) is 2.63. The summed E-state index contributed by atoms with van der Waals surface area (Å²) in [6, 6.07) is 12.0. The number of hydrogen-bond acceptors (Lipinski definition) is 5. The number of benzene rings is 2. The van der Waals surface area contributed by atoms with Crippen LogP contribution < -0.4 is 19.9 Å². The van der Waals surface area contributed by atoms with Crippen molar-refractivity contribution in [1.82, 2.24) is 0 Å². The lowest BCUT2D eigenvalue weighted by Crippen LogP contribution is -2.27. The molecule has 0 fully saturated rings. The zero-order valence-electron chi connectivity index (χ0n) is 14.4. The van der Waals surface area contributed by atoms with Crippen LogP contribution in [-0.4, -0.2) is 26.1 Å². The summed E-state index contributed by atoms with van der Waals surface area (Å²) in [5.41, 5.74) is 0.795. The van der Waals surface area contributed by atoms with Crippen LogP contribution in [0.4, 0.5) is 5.69 Å². The van der Waals surface area contributed by atoms with E-state index in [1.54, 1.807) is 0 Å². The fraction of sp³-hybridized carbons (Fsp3) is 0.263. The molecule has 0 saturated carbocycles. The van der Waals surface area contributed by atoms with Crippen LogP contribution in [0.15, 0.2) is 42.5 Å². The Labute approximate surface area is 146 Å². The van der Waals surface area contributed by atoms with Crippen molar-refractivity contribution in [2.75, 3.05) is 19.5 Å². The molecule has 0 aromatic heterocycles. The van der Waals surface area contributed by atoms with E-state index in [4.69, 9.17) is 9.47 Å². The minimum atomic E-state index is -1.41. The Morgan fingerprint density at radius 1 is 1.08 bits per heavy atom. The normalized spacial score (nSPS) is 11.5. The molecule has 6 nitrogen and oxygen atoms in total. The van der Waals surface area contributed by atoms with E-state index in [1.807, 2.05) is 37.3 Å². The number of carboxylic acid groups (broad SMARTS) is 1. The summed E-state index contributed by atoms with van der Waals surface area (Å²) in [4.78, 5) is 24.1. The lowest BCUT2D eigenvalue weighted by Gasteiger charge is -2.19. The van der Waals surface area contributed by atoms with Crippen molar-refractivity contribution in [2.45, 2.75) is 19.3 Å². The lowest BCUT2D eigenvalue weighted by atomic mass is 9.95. The maximum absolute atomic E-state index is 12.7. The number of hydrogen-bond donors (Lipinski definition) is 1. The van der Waals surface area contributed by atoms with Gasteiger partial charge in [-0.3, -0.25) is 4.79 Å². The van der Waals surface area contributed by atoms with Crippen LogP contribution in [0.2, 0.25) is 0 Å². The smallest absolute Gasteiger partial charge is 0.231 e. The van der Waals surface area contributed by atoms with Gasteiger partial charge in [0.25, 0.3) is 0 Å². The van der Waals surface area contributed by atoms with Crippen LogP contribution in [0, 0.1) is 0 Å². The predicted molar refractivity (Wildman–Crippen MR) is 92.0 cm³/mol. The largest absolute Gasteiger partial charge is 0.545 e. The number of carbonyl (C=O) groups excluding carboxylic acids is 2. The molecule has 2 aromatic rings. The van der Waals surface area contributed by atoms with Gasteiger partial charge in [-0.25, -0.2) is 0 Å². The molecule has 2 aromatic carbocycles. The maximum Gasteiger partial charge on any atom is 0.231 e. The summed E-state index contributed by atoms with van der Waals surface area (Å²) in [7, 11) is 2.83. The van der Waals surface area contributed by atoms with Crippen LogP contribution in [0.1, 0.15) is 35.2 Å². The number of methoxy groups -OCH3 is 2. The number of ether oxygens (including phenoxy) is 2. The molecule has 0 heterocycles. The third-order valence-electron chi connectivity index (χ3n) is 3.93. The molecule has 0 aliphatic carbocycles. The van der Waals surface area contributed by atoms with Gasteiger partial charge in [0.05, 0.1) is 31.8 Å². The van der Waals surface area contributed by atoms with E-state index in [1.165, 1.54) is 26.4 Å². The molecule has 0 aliphatic heterocycles.